The molecule has 0 bridgehead atoms. The molecular formula is C22H26N2O4. The number of urea groups is 1. The van der Waals surface area contributed by atoms with Gasteiger partial charge in [-0.2, -0.15) is 0 Å². The minimum Gasteiger partial charge on any atom is -0.497 e. The molecule has 6 heteroatoms. The maximum absolute atomic E-state index is 12.8. The van der Waals surface area contributed by atoms with Crippen molar-refractivity contribution in [2.45, 2.75) is 31.7 Å². The molecule has 1 atom stereocenters. The number of nitrogens with zero attached hydrogens (tertiary/aromatic N) is 1. The molecule has 2 heterocycles. The summed E-state index contributed by atoms with van der Waals surface area (Å²) in [6.07, 6.45) is 3.25. The van der Waals surface area contributed by atoms with E-state index in [1.54, 1.807) is 7.11 Å². The first-order chi connectivity index (χ1) is 13.7. The number of methoxy groups -OCH3 is 1. The van der Waals surface area contributed by atoms with Gasteiger partial charge in [-0.1, -0.05) is 24.6 Å². The number of fused-ring (bicyclic) bond motifs is 1. The van der Waals surface area contributed by atoms with Crippen molar-refractivity contribution >= 4 is 6.03 Å². The molecule has 0 aliphatic carbocycles. The summed E-state index contributed by atoms with van der Waals surface area (Å²) >= 11 is 0. The third kappa shape index (κ3) is 4.16. The van der Waals surface area contributed by atoms with E-state index in [0.29, 0.717) is 12.5 Å². The summed E-state index contributed by atoms with van der Waals surface area (Å²) in [5.41, 5.74) is 2.26. The van der Waals surface area contributed by atoms with E-state index >= 15 is 0 Å². The molecule has 2 aliphatic heterocycles. The topological polar surface area (TPSA) is 60.0 Å². The SMILES string of the molecule is COc1ccc([C@@H]2CCCCN(C(=O)NCc3ccc4c(c3)OCO4)C2)cc1. The lowest BCUT2D eigenvalue weighted by molar-refractivity contribution is 0.174. The maximum Gasteiger partial charge on any atom is 0.317 e. The van der Waals surface area contributed by atoms with Crippen LogP contribution in [0.2, 0.25) is 0 Å². The fourth-order valence-corrected chi connectivity index (χ4v) is 3.82. The first kappa shape index (κ1) is 18.5. The Labute approximate surface area is 165 Å². The van der Waals surface area contributed by atoms with Crippen molar-refractivity contribution in [3.05, 3.63) is 53.6 Å². The van der Waals surface area contributed by atoms with E-state index in [0.717, 1.165) is 55.2 Å². The van der Waals surface area contributed by atoms with Gasteiger partial charge in [-0.3, -0.25) is 0 Å². The van der Waals surface area contributed by atoms with Crippen molar-refractivity contribution in [1.82, 2.24) is 10.2 Å². The number of ether oxygens (including phenoxy) is 3. The van der Waals surface area contributed by atoms with Crippen LogP contribution in [-0.2, 0) is 6.54 Å². The number of carbonyl (C=O) groups is 1. The van der Waals surface area contributed by atoms with Gasteiger partial charge in [-0.25, -0.2) is 4.79 Å². The smallest absolute Gasteiger partial charge is 0.317 e. The molecule has 2 aromatic rings. The van der Waals surface area contributed by atoms with E-state index in [9.17, 15) is 4.79 Å². The molecule has 1 N–H and O–H groups in total. The summed E-state index contributed by atoms with van der Waals surface area (Å²) in [5, 5.41) is 3.05. The van der Waals surface area contributed by atoms with E-state index in [4.69, 9.17) is 14.2 Å². The minimum absolute atomic E-state index is 0.0157. The third-order valence-corrected chi connectivity index (χ3v) is 5.43. The Balaban J connectivity index is 1.37. The van der Waals surface area contributed by atoms with Crippen LogP contribution in [0.3, 0.4) is 0 Å². The van der Waals surface area contributed by atoms with Crippen LogP contribution in [0.15, 0.2) is 42.5 Å². The zero-order valence-electron chi connectivity index (χ0n) is 16.1. The lowest BCUT2D eigenvalue weighted by atomic mass is 9.94. The molecule has 6 nitrogen and oxygen atoms in total. The van der Waals surface area contributed by atoms with Gasteiger partial charge in [0.25, 0.3) is 0 Å². The quantitative estimate of drug-likeness (QED) is 0.871. The van der Waals surface area contributed by atoms with Crippen molar-refractivity contribution in [3.63, 3.8) is 0 Å². The van der Waals surface area contributed by atoms with E-state index in [2.05, 4.69) is 17.4 Å². The molecule has 4 rings (SSSR count). The van der Waals surface area contributed by atoms with Crippen molar-refractivity contribution in [2.75, 3.05) is 27.0 Å². The number of benzene rings is 2. The molecule has 0 radical (unpaired) electrons. The normalized spacial score (nSPS) is 18.5. The first-order valence-corrected chi connectivity index (χ1v) is 9.78. The van der Waals surface area contributed by atoms with Gasteiger partial charge >= 0.3 is 6.03 Å². The van der Waals surface area contributed by atoms with E-state index < -0.39 is 0 Å². The molecule has 28 heavy (non-hydrogen) atoms. The summed E-state index contributed by atoms with van der Waals surface area (Å²) in [6, 6.07) is 13.9. The highest BCUT2D eigenvalue weighted by atomic mass is 16.7. The minimum atomic E-state index is -0.0157. The van der Waals surface area contributed by atoms with Gasteiger partial charge in [-0.05, 0) is 48.2 Å². The van der Waals surface area contributed by atoms with E-state index in [1.807, 2.05) is 35.2 Å². The average Bonchev–Trinajstić information content (AvgIpc) is 3.06. The monoisotopic (exact) mass is 382 g/mol. The summed E-state index contributed by atoms with van der Waals surface area (Å²) in [4.78, 5) is 14.7. The van der Waals surface area contributed by atoms with Crippen LogP contribution in [0.4, 0.5) is 4.79 Å². The zero-order valence-corrected chi connectivity index (χ0v) is 16.1. The highest BCUT2D eigenvalue weighted by Gasteiger charge is 2.23. The molecule has 0 aromatic heterocycles. The molecule has 2 aliphatic rings. The number of hydrogen-bond acceptors (Lipinski definition) is 4. The Morgan fingerprint density at radius 2 is 1.96 bits per heavy atom. The third-order valence-electron chi connectivity index (χ3n) is 5.43. The molecule has 2 aromatic carbocycles. The van der Waals surface area contributed by atoms with Gasteiger partial charge in [0.2, 0.25) is 6.79 Å². The number of amides is 2. The van der Waals surface area contributed by atoms with Crippen LogP contribution in [-0.4, -0.2) is 37.9 Å². The van der Waals surface area contributed by atoms with Crippen LogP contribution >= 0.6 is 0 Å². The van der Waals surface area contributed by atoms with E-state index in [1.165, 1.54) is 5.56 Å². The van der Waals surface area contributed by atoms with Crippen molar-refractivity contribution < 1.29 is 19.0 Å². The second-order valence-electron chi connectivity index (χ2n) is 7.26. The van der Waals surface area contributed by atoms with Crippen molar-refractivity contribution in [2.24, 2.45) is 0 Å². The van der Waals surface area contributed by atoms with Crippen molar-refractivity contribution in [1.29, 1.82) is 0 Å². The summed E-state index contributed by atoms with van der Waals surface area (Å²) in [5.74, 6) is 2.70. The number of rotatable bonds is 4. The maximum atomic E-state index is 12.8. The zero-order chi connectivity index (χ0) is 19.3. The number of likely N-dealkylation sites (tertiary alicyclic amines) is 1. The van der Waals surface area contributed by atoms with Crippen LogP contribution in [0.5, 0.6) is 17.2 Å². The van der Waals surface area contributed by atoms with Crippen LogP contribution in [0.25, 0.3) is 0 Å². The van der Waals surface area contributed by atoms with Gasteiger partial charge in [0.1, 0.15) is 5.75 Å². The van der Waals surface area contributed by atoms with Gasteiger partial charge in [0.15, 0.2) is 11.5 Å². The Bertz CT molecular complexity index is 822. The molecule has 2 amide bonds. The fourth-order valence-electron chi connectivity index (χ4n) is 3.82. The van der Waals surface area contributed by atoms with Crippen LogP contribution in [0, 0.1) is 0 Å². The van der Waals surface area contributed by atoms with Crippen molar-refractivity contribution in [3.8, 4) is 17.2 Å². The van der Waals surface area contributed by atoms with Gasteiger partial charge in [-0.15, -0.1) is 0 Å². The lowest BCUT2D eigenvalue weighted by Crippen LogP contribution is -2.41. The van der Waals surface area contributed by atoms with E-state index in [-0.39, 0.29) is 12.8 Å². The highest BCUT2D eigenvalue weighted by Crippen LogP contribution is 2.32. The van der Waals surface area contributed by atoms with Crippen LogP contribution < -0.4 is 19.5 Å². The predicted octanol–water partition coefficient (Wildman–Crippen LogP) is 3.90. The summed E-state index contributed by atoms with van der Waals surface area (Å²) in [6.45, 7) is 2.25. The molecule has 0 saturated carbocycles. The molecule has 1 fully saturated rings. The average molecular weight is 382 g/mol. The highest BCUT2D eigenvalue weighted by molar-refractivity contribution is 5.74. The van der Waals surface area contributed by atoms with Crippen LogP contribution in [0.1, 0.15) is 36.3 Å². The van der Waals surface area contributed by atoms with Gasteiger partial charge in [0.05, 0.1) is 7.11 Å². The predicted molar refractivity (Wildman–Crippen MR) is 106 cm³/mol. The lowest BCUT2D eigenvalue weighted by Gasteiger charge is -2.25. The van der Waals surface area contributed by atoms with Gasteiger partial charge in [0, 0.05) is 25.6 Å². The molecule has 148 valence electrons. The number of nitrogens with one attached hydrogen (secondary N) is 1. The number of carbonyl (C=O) groups excluding carboxylic acids is 1. The Hall–Kier alpha value is -2.89. The fraction of sp³-hybridized carbons (Fsp3) is 0.409. The summed E-state index contributed by atoms with van der Waals surface area (Å²) < 4.78 is 16.0. The first-order valence-electron chi connectivity index (χ1n) is 9.78. The molecule has 0 unspecified atom stereocenters. The van der Waals surface area contributed by atoms with Gasteiger partial charge < -0.3 is 24.4 Å². The standard InChI is InChI=1S/C22H26N2O4/c1-26-19-8-6-17(7-9-19)18-4-2-3-11-24(14-18)22(25)23-13-16-5-10-20-21(12-16)28-15-27-20/h5-10,12,18H,2-4,11,13-15H2,1H3,(H,23,25)/t18-/m1/s1. The summed E-state index contributed by atoms with van der Waals surface area (Å²) in [7, 11) is 1.67. The largest absolute Gasteiger partial charge is 0.497 e. The number of hydrogen-bond donors (Lipinski definition) is 1. The Morgan fingerprint density at radius 1 is 1.14 bits per heavy atom. The Morgan fingerprint density at radius 3 is 2.79 bits per heavy atom. The second-order valence-corrected chi connectivity index (χ2v) is 7.26. The molecular weight excluding hydrogens is 356 g/mol. The second kappa shape index (κ2) is 8.42. The Kier molecular flexibility index (Phi) is 5.55. The molecule has 0 spiro atoms. The molecule has 1 saturated heterocycles.